The standard InChI is InChI=1S/C13H26N4/c1-2-9-15-12(16-14)17-10-7-13(8-11-17)5-3-4-6-13/h2-11,14H2,1H3,(H,15,16). The number of aliphatic imine (C=N–C) groups is 1. The van der Waals surface area contributed by atoms with Crippen molar-refractivity contribution in [3.63, 3.8) is 0 Å². The van der Waals surface area contributed by atoms with E-state index >= 15 is 0 Å². The zero-order valence-corrected chi connectivity index (χ0v) is 11.0. The van der Waals surface area contributed by atoms with E-state index in [4.69, 9.17) is 5.84 Å². The second-order valence-corrected chi connectivity index (χ2v) is 5.54. The first-order chi connectivity index (χ1) is 8.29. The van der Waals surface area contributed by atoms with Gasteiger partial charge >= 0.3 is 0 Å². The third-order valence-corrected chi connectivity index (χ3v) is 4.40. The third-order valence-electron chi connectivity index (χ3n) is 4.40. The van der Waals surface area contributed by atoms with Crippen LogP contribution >= 0.6 is 0 Å². The molecule has 1 aliphatic heterocycles. The fraction of sp³-hybridized carbons (Fsp3) is 0.923. The summed E-state index contributed by atoms with van der Waals surface area (Å²) in [6.07, 6.45) is 9.47. The lowest BCUT2D eigenvalue weighted by atomic mass is 9.77. The van der Waals surface area contributed by atoms with Gasteiger partial charge in [-0.1, -0.05) is 19.8 Å². The van der Waals surface area contributed by atoms with Crippen molar-refractivity contribution in [1.82, 2.24) is 10.3 Å². The number of nitrogens with one attached hydrogen (secondary N) is 1. The van der Waals surface area contributed by atoms with E-state index in [0.29, 0.717) is 5.41 Å². The van der Waals surface area contributed by atoms with E-state index < -0.39 is 0 Å². The number of hydrogen-bond donors (Lipinski definition) is 2. The lowest BCUT2D eigenvalue weighted by Crippen LogP contribution is -2.50. The molecule has 0 aromatic rings. The number of likely N-dealkylation sites (tertiary alicyclic amines) is 1. The number of nitrogens with two attached hydrogens (primary N) is 1. The van der Waals surface area contributed by atoms with Crippen LogP contribution in [-0.4, -0.2) is 30.5 Å². The Bertz CT molecular complexity index is 259. The molecule has 17 heavy (non-hydrogen) atoms. The van der Waals surface area contributed by atoms with E-state index in [1.165, 1.54) is 38.5 Å². The monoisotopic (exact) mass is 238 g/mol. The van der Waals surface area contributed by atoms with Gasteiger partial charge in [0.1, 0.15) is 0 Å². The van der Waals surface area contributed by atoms with Crippen molar-refractivity contribution < 1.29 is 0 Å². The smallest absolute Gasteiger partial charge is 0.208 e. The van der Waals surface area contributed by atoms with Crippen molar-refractivity contribution in [3.8, 4) is 0 Å². The molecule has 1 saturated carbocycles. The van der Waals surface area contributed by atoms with Crippen LogP contribution in [-0.2, 0) is 0 Å². The van der Waals surface area contributed by atoms with Crippen LogP contribution in [0.25, 0.3) is 0 Å². The zero-order chi connectivity index (χ0) is 12.1. The molecule has 1 saturated heterocycles. The van der Waals surface area contributed by atoms with Gasteiger partial charge in [-0.3, -0.25) is 10.4 Å². The lowest BCUT2D eigenvalue weighted by Gasteiger charge is -2.40. The van der Waals surface area contributed by atoms with E-state index in [9.17, 15) is 0 Å². The molecule has 1 aliphatic carbocycles. The molecule has 0 bridgehead atoms. The molecule has 2 aliphatic rings. The SMILES string of the molecule is CCCN=C(NN)N1CCC2(CCCC2)CC1. The van der Waals surface area contributed by atoms with Crippen LogP contribution in [0.4, 0.5) is 0 Å². The fourth-order valence-corrected chi connectivity index (χ4v) is 3.27. The normalized spacial score (nSPS) is 24.4. The van der Waals surface area contributed by atoms with Crippen molar-refractivity contribution in [2.45, 2.75) is 51.9 Å². The highest BCUT2D eigenvalue weighted by Crippen LogP contribution is 2.45. The van der Waals surface area contributed by atoms with Crippen LogP contribution in [0, 0.1) is 5.41 Å². The first-order valence-electron chi connectivity index (χ1n) is 7.06. The summed E-state index contributed by atoms with van der Waals surface area (Å²) in [5.74, 6) is 6.46. The third kappa shape index (κ3) is 2.92. The minimum Gasteiger partial charge on any atom is -0.342 e. The highest BCUT2D eigenvalue weighted by atomic mass is 15.4. The van der Waals surface area contributed by atoms with Crippen molar-refractivity contribution >= 4 is 5.96 Å². The summed E-state index contributed by atoms with van der Waals surface area (Å²) in [4.78, 5) is 6.82. The molecule has 0 aromatic carbocycles. The Hall–Kier alpha value is -0.770. The molecule has 0 atom stereocenters. The van der Waals surface area contributed by atoms with Crippen LogP contribution in [0.15, 0.2) is 4.99 Å². The van der Waals surface area contributed by atoms with Gasteiger partial charge in [0.25, 0.3) is 0 Å². The van der Waals surface area contributed by atoms with Crippen LogP contribution in [0.3, 0.4) is 0 Å². The number of hydrogen-bond acceptors (Lipinski definition) is 2. The van der Waals surface area contributed by atoms with E-state index in [1.54, 1.807) is 0 Å². The molecule has 3 N–H and O–H groups in total. The maximum absolute atomic E-state index is 5.57. The Kier molecular flexibility index (Phi) is 4.26. The van der Waals surface area contributed by atoms with Crippen molar-refractivity contribution in [2.75, 3.05) is 19.6 Å². The molecular formula is C13H26N4. The highest BCUT2D eigenvalue weighted by Gasteiger charge is 2.37. The molecule has 1 heterocycles. The van der Waals surface area contributed by atoms with Crippen LogP contribution in [0.2, 0.25) is 0 Å². The van der Waals surface area contributed by atoms with Gasteiger partial charge in [0, 0.05) is 19.6 Å². The van der Waals surface area contributed by atoms with Gasteiger partial charge in [0.05, 0.1) is 0 Å². The summed E-state index contributed by atoms with van der Waals surface area (Å²) < 4.78 is 0. The molecule has 0 radical (unpaired) electrons. The number of piperidine rings is 1. The predicted octanol–water partition coefficient (Wildman–Crippen LogP) is 1.87. The molecule has 2 fully saturated rings. The maximum atomic E-state index is 5.57. The van der Waals surface area contributed by atoms with Crippen LogP contribution < -0.4 is 11.3 Å². The summed E-state index contributed by atoms with van der Waals surface area (Å²) >= 11 is 0. The number of hydrazine groups is 1. The summed E-state index contributed by atoms with van der Waals surface area (Å²) in [6, 6.07) is 0. The van der Waals surface area contributed by atoms with Gasteiger partial charge in [-0.05, 0) is 37.5 Å². The average Bonchev–Trinajstić information content (AvgIpc) is 2.81. The summed E-state index contributed by atoms with van der Waals surface area (Å²) in [7, 11) is 0. The zero-order valence-electron chi connectivity index (χ0n) is 11.0. The first-order valence-corrected chi connectivity index (χ1v) is 7.06. The second-order valence-electron chi connectivity index (χ2n) is 5.54. The molecule has 1 spiro atoms. The molecular weight excluding hydrogens is 212 g/mol. The van der Waals surface area contributed by atoms with Gasteiger partial charge in [-0.15, -0.1) is 0 Å². The molecule has 2 rings (SSSR count). The Balaban J connectivity index is 1.88. The molecule has 0 unspecified atom stereocenters. The van der Waals surface area contributed by atoms with E-state index in [0.717, 1.165) is 32.0 Å². The summed E-state index contributed by atoms with van der Waals surface area (Å²) in [5.41, 5.74) is 3.43. The maximum Gasteiger partial charge on any atom is 0.208 e. The largest absolute Gasteiger partial charge is 0.342 e. The minimum atomic E-state index is 0.668. The Morgan fingerprint density at radius 1 is 1.24 bits per heavy atom. The number of rotatable bonds is 2. The molecule has 4 nitrogen and oxygen atoms in total. The predicted molar refractivity (Wildman–Crippen MR) is 71.6 cm³/mol. The van der Waals surface area contributed by atoms with E-state index in [2.05, 4.69) is 22.2 Å². The number of guanidine groups is 1. The van der Waals surface area contributed by atoms with Crippen LogP contribution in [0.1, 0.15) is 51.9 Å². The average molecular weight is 238 g/mol. The van der Waals surface area contributed by atoms with E-state index in [1.807, 2.05) is 0 Å². The van der Waals surface area contributed by atoms with Crippen molar-refractivity contribution in [2.24, 2.45) is 16.3 Å². The van der Waals surface area contributed by atoms with Gasteiger partial charge < -0.3 is 4.90 Å². The van der Waals surface area contributed by atoms with E-state index in [-0.39, 0.29) is 0 Å². The Morgan fingerprint density at radius 2 is 1.88 bits per heavy atom. The van der Waals surface area contributed by atoms with Gasteiger partial charge in [-0.25, -0.2) is 5.84 Å². The quantitative estimate of drug-likeness (QED) is 0.334. The molecule has 0 amide bonds. The van der Waals surface area contributed by atoms with Crippen molar-refractivity contribution in [1.29, 1.82) is 0 Å². The Labute approximate surface area is 105 Å². The molecule has 98 valence electrons. The van der Waals surface area contributed by atoms with Gasteiger partial charge in [0.2, 0.25) is 5.96 Å². The molecule has 4 heteroatoms. The summed E-state index contributed by atoms with van der Waals surface area (Å²) in [6.45, 7) is 5.24. The lowest BCUT2D eigenvalue weighted by molar-refractivity contribution is 0.151. The topological polar surface area (TPSA) is 53.6 Å². The fourth-order valence-electron chi connectivity index (χ4n) is 3.27. The minimum absolute atomic E-state index is 0.668. The second kappa shape index (κ2) is 5.71. The van der Waals surface area contributed by atoms with Gasteiger partial charge in [-0.2, -0.15) is 0 Å². The first kappa shape index (κ1) is 12.7. The number of nitrogens with zero attached hydrogens (tertiary/aromatic N) is 2. The van der Waals surface area contributed by atoms with Crippen LogP contribution in [0.5, 0.6) is 0 Å². The van der Waals surface area contributed by atoms with Crippen molar-refractivity contribution in [3.05, 3.63) is 0 Å². The molecule has 0 aromatic heterocycles. The Morgan fingerprint density at radius 3 is 2.41 bits per heavy atom. The van der Waals surface area contributed by atoms with Gasteiger partial charge in [0.15, 0.2) is 0 Å². The highest BCUT2D eigenvalue weighted by molar-refractivity contribution is 5.79. The summed E-state index contributed by atoms with van der Waals surface area (Å²) in [5, 5.41) is 0.